The first-order chi connectivity index (χ1) is 17.0. The van der Waals surface area contributed by atoms with Crippen LogP contribution in [0.1, 0.15) is 27.4 Å². The molecular weight excluding hydrogens is 464 g/mol. The number of fused-ring (bicyclic) bond motifs is 1. The van der Waals surface area contributed by atoms with Gasteiger partial charge >= 0.3 is 11.9 Å². The highest BCUT2D eigenvalue weighted by Gasteiger charge is 2.44. The molecule has 8 heteroatoms. The molecule has 35 heavy (non-hydrogen) atoms. The SMILES string of the molecule is COC(=O)c1ccc([C@@H]2C(C#N)=C(SCc3ccc4ccccc4c3)NC(=O)[C@H]2C(=O)OC)cc1. The van der Waals surface area contributed by atoms with Crippen LogP contribution in [0, 0.1) is 17.2 Å². The van der Waals surface area contributed by atoms with Crippen LogP contribution in [0.15, 0.2) is 77.3 Å². The number of thioether (sulfide) groups is 1. The van der Waals surface area contributed by atoms with Crippen molar-refractivity contribution >= 4 is 40.4 Å². The number of carbonyl (C=O) groups is 3. The number of esters is 2. The minimum Gasteiger partial charge on any atom is -0.468 e. The van der Waals surface area contributed by atoms with Crippen LogP contribution in [0.2, 0.25) is 0 Å². The smallest absolute Gasteiger partial charge is 0.337 e. The molecule has 0 spiro atoms. The third-order valence-corrected chi connectivity index (χ3v) is 6.96. The summed E-state index contributed by atoms with van der Waals surface area (Å²) in [5.74, 6) is -3.36. The van der Waals surface area contributed by atoms with E-state index in [2.05, 4.69) is 17.5 Å². The fourth-order valence-electron chi connectivity index (χ4n) is 4.11. The monoisotopic (exact) mass is 486 g/mol. The molecule has 0 aromatic heterocycles. The lowest BCUT2D eigenvalue weighted by Gasteiger charge is -2.31. The topological polar surface area (TPSA) is 105 Å². The molecule has 176 valence electrons. The standard InChI is InChI=1S/C27H22N2O5S/c1-33-26(31)19-11-9-18(10-12-19)22-21(14-28)25(29-24(30)23(22)27(32)34-2)35-15-16-7-8-17-5-3-4-6-20(17)13-16/h3-13,22-23H,15H2,1-2H3,(H,29,30)/t22-,23+/m1/s1. The lowest BCUT2D eigenvalue weighted by molar-refractivity contribution is -0.150. The van der Waals surface area contributed by atoms with Gasteiger partial charge in [-0.3, -0.25) is 9.59 Å². The van der Waals surface area contributed by atoms with Crippen molar-refractivity contribution in [3.8, 4) is 6.07 Å². The van der Waals surface area contributed by atoms with Gasteiger partial charge in [-0.2, -0.15) is 5.26 Å². The highest BCUT2D eigenvalue weighted by Crippen LogP contribution is 2.41. The number of allylic oxidation sites excluding steroid dienone is 1. The second-order valence-electron chi connectivity index (χ2n) is 7.91. The molecule has 7 nitrogen and oxygen atoms in total. The molecule has 1 aliphatic heterocycles. The van der Waals surface area contributed by atoms with Gasteiger partial charge in [0, 0.05) is 11.7 Å². The first-order valence-electron chi connectivity index (χ1n) is 10.8. The zero-order chi connectivity index (χ0) is 24.9. The Morgan fingerprint density at radius 1 is 1.00 bits per heavy atom. The molecule has 4 rings (SSSR count). The van der Waals surface area contributed by atoms with Gasteiger partial charge in [-0.25, -0.2) is 4.79 Å². The average molecular weight is 487 g/mol. The number of hydrogen-bond donors (Lipinski definition) is 1. The van der Waals surface area contributed by atoms with Crippen LogP contribution in [-0.4, -0.2) is 32.1 Å². The fraction of sp³-hybridized carbons (Fsp3) is 0.185. The zero-order valence-corrected chi connectivity index (χ0v) is 19.9. The lowest BCUT2D eigenvalue weighted by Crippen LogP contribution is -2.44. The summed E-state index contributed by atoms with van der Waals surface area (Å²) in [5.41, 5.74) is 2.15. The molecular formula is C27H22N2O5S. The molecule has 0 bridgehead atoms. The summed E-state index contributed by atoms with van der Waals surface area (Å²) in [5, 5.41) is 15.4. The van der Waals surface area contributed by atoms with Gasteiger partial charge in [0.05, 0.1) is 36.5 Å². The number of nitriles is 1. The van der Waals surface area contributed by atoms with Crippen LogP contribution >= 0.6 is 11.8 Å². The third kappa shape index (κ3) is 4.91. The summed E-state index contributed by atoms with van der Waals surface area (Å²) in [4.78, 5) is 37.4. The largest absolute Gasteiger partial charge is 0.468 e. The van der Waals surface area contributed by atoms with E-state index in [4.69, 9.17) is 9.47 Å². The Labute approximate surface area is 206 Å². The van der Waals surface area contributed by atoms with E-state index < -0.39 is 29.7 Å². The molecule has 0 saturated heterocycles. The number of ether oxygens (including phenoxy) is 2. The van der Waals surface area contributed by atoms with Crippen LogP contribution in [-0.2, 0) is 24.8 Å². The van der Waals surface area contributed by atoms with E-state index in [9.17, 15) is 19.6 Å². The third-order valence-electron chi connectivity index (χ3n) is 5.87. The Balaban J connectivity index is 1.70. The van der Waals surface area contributed by atoms with E-state index in [0.29, 0.717) is 21.9 Å². The average Bonchev–Trinajstić information content (AvgIpc) is 2.90. The minimum atomic E-state index is -1.23. The first kappa shape index (κ1) is 24.0. The predicted octanol–water partition coefficient (Wildman–Crippen LogP) is 4.30. The summed E-state index contributed by atoms with van der Waals surface area (Å²) >= 11 is 1.33. The van der Waals surface area contributed by atoms with Crippen molar-refractivity contribution in [2.45, 2.75) is 11.7 Å². The van der Waals surface area contributed by atoms with Gasteiger partial charge in [-0.1, -0.05) is 54.6 Å². The first-order valence-corrected chi connectivity index (χ1v) is 11.8. The Hall–Kier alpha value is -4.09. The number of amides is 1. The van der Waals surface area contributed by atoms with Crippen molar-refractivity contribution in [2.24, 2.45) is 5.92 Å². The number of nitrogens with one attached hydrogen (secondary N) is 1. The molecule has 0 saturated carbocycles. The normalized spacial score (nSPS) is 17.5. The highest BCUT2D eigenvalue weighted by molar-refractivity contribution is 8.02. The molecule has 2 atom stereocenters. The lowest BCUT2D eigenvalue weighted by atomic mass is 9.78. The van der Waals surface area contributed by atoms with Crippen LogP contribution in [0.3, 0.4) is 0 Å². The number of methoxy groups -OCH3 is 2. The Morgan fingerprint density at radius 2 is 1.71 bits per heavy atom. The van der Waals surface area contributed by atoms with Crippen LogP contribution in [0.4, 0.5) is 0 Å². The maximum Gasteiger partial charge on any atom is 0.337 e. The van der Waals surface area contributed by atoms with Gasteiger partial charge < -0.3 is 14.8 Å². The van der Waals surface area contributed by atoms with Gasteiger partial charge in [0.1, 0.15) is 5.92 Å². The zero-order valence-electron chi connectivity index (χ0n) is 19.1. The summed E-state index contributed by atoms with van der Waals surface area (Å²) < 4.78 is 9.61. The number of hydrogen-bond acceptors (Lipinski definition) is 7. The molecule has 1 heterocycles. The molecule has 1 aliphatic rings. The van der Waals surface area contributed by atoms with Crippen molar-refractivity contribution < 1.29 is 23.9 Å². The van der Waals surface area contributed by atoms with Crippen molar-refractivity contribution in [1.82, 2.24) is 5.32 Å². The van der Waals surface area contributed by atoms with E-state index in [-0.39, 0.29) is 5.57 Å². The summed E-state index contributed by atoms with van der Waals surface area (Å²) in [7, 11) is 2.48. The van der Waals surface area contributed by atoms with Crippen molar-refractivity contribution in [3.63, 3.8) is 0 Å². The van der Waals surface area contributed by atoms with Crippen LogP contribution in [0.25, 0.3) is 10.8 Å². The summed E-state index contributed by atoms with van der Waals surface area (Å²) in [6.45, 7) is 0. The molecule has 3 aromatic rings. The molecule has 0 unspecified atom stereocenters. The van der Waals surface area contributed by atoms with Gasteiger partial charge in [-0.05, 0) is 34.0 Å². The number of nitrogens with zero attached hydrogens (tertiary/aromatic N) is 1. The Morgan fingerprint density at radius 3 is 2.37 bits per heavy atom. The van der Waals surface area contributed by atoms with Crippen molar-refractivity contribution in [2.75, 3.05) is 14.2 Å². The van der Waals surface area contributed by atoms with Crippen molar-refractivity contribution in [3.05, 3.63) is 94.0 Å². The molecule has 1 N–H and O–H groups in total. The number of carbonyl (C=O) groups excluding carboxylic acids is 3. The highest BCUT2D eigenvalue weighted by atomic mass is 32.2. The van der Waals surface area contributed by atoms with E-state index in [1.54, 1.807) is 24.3 Å². The predicted molar refractivity (Wildman–Crippen MR) is 132 cm³/mol. The maximum absolute atomic E-state index is 13.0. The van der Waals surface area contributed by atoms with E-state index in [1.165, 1.54) is 26.0 Å². The second kappa shape index (κ2) is 10.5. The van der Waals surface area contributed by atoms with E-state index in [0.717, 1.165) is 16.3 Å². The Kier molecular flexibility index (Phi) is 7.18. The molecule has 1 amide bonds. The van der Waals surface area contributed by atoms with Gasteiger partial charge in [0.2, 0.25) is 5.91 Å². The molecule has 3 aromatic carbocycles. The maximum atomic E-state index is 13.0. The number of rotatable bonds is 6. The molecule has 0 fully saturated rings. The van der Waals surface area contributed by atoms with E-state index >= 15 is 0 Å². The minimum absolute atomic E-state index is 0.261. The number of benzene rings is 3. The van der Waals surface area contributed by atoms with Gasteiger partial charge in [0.25, 0.3) is 0 Å². The second-order valence-corrected chi connectivity index (χ2v) is 8.89. The van der Waals surface area contributed by atoms with E-state index in [1.807, 2.05) is 36.4 Å². The fourth-order valence-corrected chi connectivity index (χ4v) is 5.10. The van der Waals surface area contributed by atoms with Crippen LogP contribution < -0.4 is 5.32 Å². The Bertz CT molecular complexity index is 1370. The van der Waals surface area contributed by atoms with Gasteiger partial charge in [0.15, 0.2) is 0 Å². The molecule has 0 radical (unpaired) electrons. The van der Waals surface area contributed by atoms with Gasteiger partial charge in [-0.15, -0.1) is 11.8 Å². The van der Waals surface area contributed by atoms with Crippen molar-refractivity contribution in [1.29, 1.82) is 5.26 Å². The summed E-state index contributed by atoms with van der Waals surface area (Å²) in [6.07, 6.45) is 0. The van der Waals surface area contributed by atoms with Crippen LogP contribution in [0.5, 0.6) is 0 Å². The summed E-state index contributed by atoms with van der Waals surface area (Å²) in [6, 6.07) is 22.6. The quantitative estimate of drug-likeness (QED) is 0.409. The molecule has 0 aliphatic carbocycles.